The molecule has 2 heterocycles. The van der Waals surface area contributed by atoms with Crippen molar-refractivity contribution in [3.05, 3.63) is 89.1 Å². The lowest BCUT2D eigenvalue weighted by Crippen LogP contribution is -2.18. The monoisotopic (exact) mass is 435 g/mol. The van der Waals surface area contributed by atoms with Crippen molar-refractivity contribution in [3.8, 4) is 11.3 Å². The first-order chi connectivity index (χ1) is 16.0. The maximum absolute atomic E-state index is 12.5. The quantitative estimate of drug-likeness (QED) is 0.279. The van der Waals surface area contributed by atoms with Gasteiger partial charge in [0.2, 0.25) is 0 Å². The Morgan fingerprint density at radius 2 is 1.82 bits per heavy atom. The molecule has 1 amide bonds. The van der Waals surface area contributed by atoms with Gasteiger partial charge < -0.3 is 4.57 Å². The summed E-state index contributed by atoms with van der Waals surface area (Å²) < 4.78 is 2.30. The first-order valence-corrected chi connectivity index (χ1v) is 11.0. The number of nitrogens with one attached hydrogen (secondary N) is 2. The molecule has 5 rings (SSSR count). The second-order valence-electron chi connectivity index (χ2n) is 8.20. The molecule has 0 aliphatic rings. The zero-order valence-corrected chi connectivity index (χ0v) is 18.9. The highest BCUT2D eigenvalue weighted by Gasteiger charge is 2.12. The number of aromatic amines is 1. The number of rotatable bonds is 5. The van der Waals surface area contributed by atoms with Crippen LogP contribution in [0.15, 0.2) is 71.8 Å². The number of aryl methyl sites for hydroxylation is 3. The van der Waals surface area contributed by atoms with Gasteiger partial charge >= 0.3 is 0 Å². The van der Waals surface area contributed by atoms with Crippen molar-refractivity contribution in [2.45, 2.75) is 27.3 Å². The van der Waals surface area contributed by atoms with Crippen LogP contribution >= 0.6 is 0 Å². The summed E-state index contributed by atoms with van der Waals surface area (Å²) in [6.45, 7) is 7.19. The molecule has 0 fully saturated rings. The Hall–Kier alpha value is -4.19. The minimum atomic E-state index is -0.336. The van der Waals surface area contributed by atoms with Gasteiger partial charge in [-0.15, -0.1) is 0 Å². The van der Waals surface area contributed by atoms with Crippen LogP contribution < -0.4 is 5.43 Å². The molecule has 0 spiro atoms. The Balaban J connectivity index is 1.34. The number of hydrazone groups is 1. The van der Waals surface area contributed by atoms with E-state index in [1.165, 1.54) is 32.9 Å². The van der Waals surface area contributed by atoms with E-state index >= 15 is 0 Å². The van der Waals surface area contributed by atoms with Crippen molar-refractivity contribution in [1.82, 2.24) is 20.2 Å². The van der Waals surface area contributed by atoms with Crippen molar-refractivity contribution >= 4 is 33.9 Å². The summed E-state index contributed by atoms with van der Waals surface area (Å²) in [5.41, 5.74) is 10.4. The number of carbonyl (C=O) groups excluding carboxylic acids is 1. The number of para-hydroxylation sites is 1. The van der Waals surface area contributed by atoms with Crippen LogP contribution in [0.5, 0.6) is 0 Å². The highest BCUT2D eigenvalue weighted by Crippen LogP contribution is 2.29. The zero-order valence-electron chi connectivity index (χ0n) is 18.9. The zero-order chi connectivity index (χ0) is 22.9. The summed E-state index contributed by atoms with van der Waals surface area (Å²) in [6.07, 6.45) is 1.66. The van der Waals surface area contributed by atoms with Crippen molar-refractivity contribution in [3.63, 3.8) is 0 Å². The maximum atomic E-state index is 12.5. The van der Waals surface area contributed by atoms with E-state index in [2.05, 4.69) is 94.6 Å². The van der Waals surface area contributed by atoms with Crippen molar-refractivity contribution in [1.29, 1.82) is 0 Å². The standard InChI is InChI=1S/C27H25N5O/c1-4-32-25-8-6-5-7-21(25)22-14-19(10-12-26(22)32)16-28-31-27(33)24-15-23(29-30-24)20-11-9-17(2)18(3)13-20/h5-16H,4H2,1-3H3,(H,29,30)(H,31,33)/b28-16-. The summed E-state index contributed by atoms with van der Waals surface area (Å²) in [6, 6.07) is 22.5. The van der Waals surface area contributed by atoms with Crippen molar-refractivity contribution in [2.24, 2.45) is 5.10 Å². The summed E-state index contributed by atoms with van der Waals surface area (Å²) in [4.78, 5) is 12.5. The molecule has 0 unspecified atom stereocenters. The number of benzene rings is 3. The molecule has 2 aromatic heterocycles. The minimum absolute atomic E-state index is 0.336. The average molecular weight is 436 g/mol. The van der Waals surface area contributed by atoms with Gasteiger partial charge in [0, 0.05) is 33.9 Å². The van der Waals surface area contributed by atoms with E-state index in [9.17, 15) is 4.79 Å². The molecule has 0 radical (unpaired) electrons. The minimum Gasteiger partial charge on any atom is -0.341 e. The molecule has 0 saturated heterocycles. The van der Waals surface area contributed by atoms with E-state index in [0.29, 0.717) is 5.69 Å². The first-order valence-electron chi connectivity index (χ1n) is 11.0. The van der Waals surface area contributed by atoms with Gasteiger partial charge in [0.15, 0.2) is 0 Å². The summed E-state index contributed by atoms with van der Waals surface area (Å²) in [7, 11) is 0. The normalized spacial score (nSPS) is 11.6. The number of fused-ring (bicyclic) bond motifs is 3. The van der Waals surface area contributed by atoms with Crippen LogP contribution in [0.2, 0.25) is 0 Å². The van der Waals surface area contributed by atoms with Crippen LogP contribution in [0.4, 0.5) is 0 Å². The van der Waals surface area contributed by atoms with E-state index < -0.39 is 0 Å². The number of H-pyrrole nitrogens is 1. The lowest BCUT2D eigenvalue weighted by atomic mass is 10.0. The molecule has 6 heteroatoms. The molecule has 6 nitrogen and oxygen atoms in total. The van der Waals surface area contributed by atoms with Crippen molar-refractivity contribution in [2.75, 3.05) is 0 Å². The third-order valence-electron chi connectivity index (χ3n) is 6.12. The molecule has 2 N–H and O–H groups in total. The van der Waals surface area contributed by atoms with Crippen LogP contribution in [0, 0.1) is 13.8 Å². The Labute approximate surface area is 191 Å². The van der Waals surface area contributed by atoms with E-state index in [1.807, 2.05) is 12.1 Å². The Bertz CT molecular complexity index is 1520. The van der Waals surface area contributed by atoms with E-state index in [-0.39, 0.29) is 5.91 Å². The summed E-state index contributed by atoms with van der Waals surface area (Å²) in [5.74, 6) is -0.336. The molecule has 0 aliphatic heterocycles. The Morgan fingerprint density at radius 1 is 1.00 bits per heavy atom. The van der Waals surface area contributed by atoms with E-state index in [4.69, 9.17) is 0 Å². The molecule has 0 saturated carbocycles. The van der Waals surface area contributed by atoms with Crippen LogP contribution in [-0.2, 0) is 6.54 Å². The molecule has 0 aliphatic carbocycles. The Morgan fingerprint density at radius 3 is 2.64 bits per heavy atom. The molecule has 5 aromatic rings. The van der Waals surface area contributed by atoms with E-state index in [1.54, 1.807) is 12.3 Å². The average Bonchev–Trinajstić information content (AvgIpc) is 3.44. The van der Waals surface area contributed by atoms with E-state index in [0.717, 1.165) is 23.4 Å². The summed E-state index contributed by atoms with van der Waals surface area (Å²) >= 11 is 0. The maximum Gasteiger partial charge on any atom is 0.289 e. The van der Waals surface area contributed by atoms with Gasteiger partial charge in [0.25, 0.3) is 5.91 Å². The summed E-state index contributed by atoms with van der Waals surface area (Å²) in [5, 5.41) is 13.6. The fourth-order valence-corrected chi connectivity index (χ4v) is 4.20. The first kappa shape index (κ1) is 20.7. The largest absolute Gasteiger partial charge is 0.341 e. The lowest BCUT2D eigenvalue weighted by Gasteiger charge is -2.02. The fraction of sp³-hybridized carbons (Fsp3) is 0.148. The van der Waals surface area contributed by atoms with Crippen LogP contribution in [-0.4, -0.2) is 26.9 Å². The molecular weight excluding hydrogens is 410 g/mol. The number of carbonyl (C=O) groups is 1. The second-order valence-corrected chi connectivity index (χ2v) is 8.20. The topological polar surface area (TPSA) is 75.1 Å². The van der Waals surface area contributed by atoms with Gasteiger partial charge in [-0.1, -0.05) is 36.4 Å². The number of aromatic nitrogens is 3. The molecule has 0 bridgehead atoms. The number of nitrogens with zero attached hydrogens (tertiary/aromatic N) is 3. The second kappa shape index (κ2) is 8.39. The SMILES string of the molecule is CCn1c2ccccc2c2cc(/C=N\NC(=O)c3cc(-c4ccc(C)c(C)c4)n[nH]3)ccc21. The van der Waals surface area contributed by atoms with Gasteiger partial charge in [-0.25, -0.2) is 5.43 Å². The number of hydrogen-bond donors (Lipinski definition) is 2. The van der Waals surface area contributed by atoms with Crippen LogP contribution in [0.25, 0.3) is 33.1 Å². The Kier molecular flexibility index (Phi) is 5.26. The molecular formula is C27H25N5O. The third-order valence-corrected chi connectivity index (χ3v) is 6.12. The number of amides is 1. The van der Waals surface area contributed by atoms with Gasteiger partial charge in [0.1, 0.15) is 5.69 Å². The predicted molar refractivity (Wildman–Crippen MR) is 134 cm³/mol. The fourth-order valence-electron chi connectivity index (χ4n) is 4.20. The highest BCUT2D eigenvalue weighted by atomic mass is 16.2. The van der Waals surface area contributed by atoms with Gasteiger partial charge in [-0.2, -0.15) is 10.2 Å². The smallest absolute Gasteiger partial charge is 0.289 e. The predicted octanol–water partition coefficient (Wildman–Crippen LogP) is 5.59. The van der Waals surface area contributed by atoms with Gasteiger partial charge in [-0.05, 0) is 67.8 Å². The lowest BCUT2D eigenvalue weighted by molar-refractivity contribution is 0.0950. The van der Waals surface area contributed by atoms with Gasteiger partial charge in [-0.3, -0.25) is 9.89 Å². The van der Waals surface area contributed by atoms with Crippen molar-refractivity contribution < 1.29 is 4.79 Å². The number of hydrogen-bond acceptors (Lipinski definition) is 3. The van der Waals surface area contributed by atoms with Crippen LogP contribution in [0.1, 0.15) is 34.1 Å². The van der Waals surface area contributed by atoms with Crippen LogP contribution in [0.3, 0.4) is 0 Å². The van der Waals surface area contributed by atoms with Gasteiger partial charge in [0.05, 0.1) is 11.9 Å². The molecule has 164 valence electrons. The highest BCUT2D eigenvalue weighted by molar-refractivity contribution is 6.09. The molecule has 0 atom stereocenters. The third kappa shape index (κ3) is 3.80. The molecule has 3 aromatic carbocycles. The molecule has 33 heavy (non-hydrogen) atoms.